The number of aryl methyl sites for hydroxylation is 1. The van der Waals surface area contributed by atoms with Gasteiger partial charge < -0.3 is 11.1 Å². The Bertz CT molecular complexity index is 349. The van der Waals surface area contributed by atoms with Crippen LogP contribution in [0.15, 0.2) is 24.3 Å². The Morgan fingerprint density at radius 1 is 1.31 bits per heavy atom. The molecule has 1 aromatic rings. The van der Waals surface area contributed by atoms with Gasteiger partial charge in [0, 0.05) is 17.6 Å². The van der Waals surface area contributed by atoms with Crippen molar-refractivity contribution in [3.8, 4) is 0 Å². The molecule has 0 fully saturated rings. The number of hydrogen-bond donors (Lipinski definition) is 2. The fraction of sp³-hybridized carbons (Fsp3) is 0.462. The van der Waals surface area contributed by atoms with E-state index in [1.165, 1.54) is 5.56 Å². The van der Waals surface area contributed by atoms with Gasteiger partial charge in [-0.2, -0.15) is 0 Å². The molecule has 0 bridgehead atoms. The molecule has 0 atom stereocenters. The van der Waals surface area contributed by atoms with Gasteiger partial charge in [-0.25, -0.2) is 0 Å². The van der Waals surface area contributed by atoms with Crippen molar-refractivity contribution >= 4 is 5.91 Å². The molecule has 3 heteroatoms. The van der Waals surface area contributed by atoms with Crippen molar-refractivity contribution in [3.63, 3.8) is 0 Å². The molecule has 1 rings (SSSR count). The molecule has 0 aliphatic heterocycles. The molecule has 3 nitrogen and oxygen atoms in total. The lowest BCUT2D eigenvalue weighted by Crippen LogP contribution is -2.45. The van der Waals surface area contributed by atoms with Crippen molar-refractivity contribution < 1.29 is 4.79 Å². The van der Waals surface area contributed by atoms with Crippen LogP contribution in [0.25, 0.3) is 0 Å². The number of nitrogens with one attached hydrogen (secondary N) is 1. The number of amides is 1. The molecule has 1 amide bonds. The predicted octanol–water partition coefficient (Wildman–Crippen LogP) is 1.72. The Kier molecular flexibility index (Phi) is 4.07. The van der Waals surface area contributed by atoms with E-state index in [4.69, 9.17) is 5.73 Å². The topological polar surface area (TPSA) is 55.1 Å². The maximum absolute atomic E-state index is 11.7. The van der Waals surface area contributed by atoms with Gasteiger partial charge in [0.2, 0.25) is 0 Å². The summed E-state index contributed by atoms with van der Waals surface area (Å²) in [5, 5.41) is 2.81. The zero-order chi connectivity index (χ0) is 12.2. The molecule has 0 saturated heterocycles. The summed E-state index contributed by atoms with van der Waals surface area (Å²) in [6, 6.07) is 7.64. The summed E-state index contributed by atoms with van der Waals surface area (Å²) >= 11 is 0. The maximum Gasteiger partial charge on any atom is 0.251 e. The average molecular weight is 220 g/mol. The van der Waals surface area contributed by atoms with Gasteiger partial charge in [0.15, 0.2) is 0 Å². The van der Waals surface area contributed by atoms with Crippen LogP contribution in [0.1, 0.15) is 36.7 Å². The number of carbonyl (C=O) groups is 1. The summed E-state index contributed by atoms with van der Waals surface area (Å²) in [6.45, 7) is 6.33. The molecule has 0 saturated carbocycles. The fourth-order valence-corrected chi connectivity index (χ4v) is 1.30. The molecule has 0 spiro atoms. The van der Waals surface area contributed by atoms with E-state index < -0.39 is 0 Å². The van der Waals surface area contributed by atoms with Crippen molar-refractivity contribution in [1.82, 2.24) is 5.32 Å². The number of nitrogens with two attached hydrogens (primary N) is 1. The number of hydrogen-bond acceptors (Lipinski definition) is 2. The first-order valence-corrected chi connectivity index (χ1v) is 5.58. The summed E-state index contributed by atoms with van der Waals surface area (Å²) in [6.07, 6.45) is 0.984. The van der Waals surface area contributed by atoms with E-state index in [2.05, 4.69) is 12.2 Å². The third-order valence-corrected chi connectivity index (χ3v) is 2.33. The molecule has 88 valence electrons. The summed E-state index contributed by atoms with van der Waals surface area (Å²) in [5.74, 6) is -0.0684. The predicted molar refractivity (Wildman–Crippen MR) is 66.4 cm³/mol. The van der Waals surface area contributed by atoms with Crippen LogP contribution in [0.2, 0.25) is 0 Å². The normalized spacial score (nSPS) is 11.2. The van der Waals surface area contributed by atoms with Crippen LogP contribution in [0.3, 0.4) is 0 Å². The van der Waals surface area contributed by atoms with Crippen LogP contribution in [0, 0.1) is 0 Å². The van der Waals surface area contributed by atoms with Gasteiger partial charge in [0.25, 0.3) is 5.91 Å². The Hall–Kier alpha value is -1.35. The summed E-state index contributed by atoms with van der Waals surface area (Å²) < 4.78 is 0. The third-order valence-electron chi connectivity index (χ3n) is 2.33. The van der Waals surface area contributed by atoms with E-state index in [1.807, 2.05) is 38.1 Å². The standard InChI is InChI=1S/C13H20N2O/c1-4-10-5-7-11(8-6-10)12(16)15-9-13(2,3)14/h5-8H,4,9,14H2,1-3H3,(H,15,16). The first-order chi connectivity index (χ1) is 7.42. The zero-order valence-corrected chi connectivity index (χ0v) is 10.2. The van der Waals surface area contributed by atoms with Gasteiger partial charge in [-0.1, -0.05) is 19.1 Å². The first-order valence-electron chi connectivity index (χ1n) is 5.58. The van der Waals surface area contributed by atoms with Crippen molar-refractivity contribution in [1.29, 1.82) is 0 Å². The number of benzene rings is 1. The molecule has 1 aromatic carbocycles. The highest BCUT2D eigenvalue weighted by Gasteiger charge is 2.12. The van der Waals surface area contributed by atoms with Gasteiger partial charge >= 0.3 is 0 Å². The van der Waals surface area contributed by atoms with Gasteiger partial charge in [-0.3, -0.25) is 4.79 Å². The van der Waals surface area contributed by atoms with Crippen LogP contribution in [-0.4, -0.2) is 18.0 Å². The van der Waals surface area contributed by atoms with Crippen molar-refractivity contribution in [2.45, 2.75) is 32.7 Å². The molecular formula is C13H20N2O. The highest BCUT2D eigenvalue weighted by atomic mass is 16.1. The van der Waals surface area contributed by atoms with Gasteiger partial charge in [-0.05, 0) is 38.0 Å². The monoisotopic (exact) mass is 220 g/mol. The van der Waals surface area contributed by atoms with Gasteiger partial charge in [0.05, 0.1) is 0 Å². The fourth-order valence-electron chi connectivity index (χ4n) is 1.30. The minimum atomic E-state index is -0.376. The summed E-state index contributed by atoms with van der Waals surface area (Å²) in [4.78, 5) is 11.7. The highest BCUT2D eigenvalue weighted by molar-refractivity contribution is 5.94. The van der Waals surface area contributed by atoms with E-state index in [1.54, 1.807) is 0 Å². The Morgan fingerprint density at radius 2 is 1.88 bits per heavy atom. The van der Waals surface area contributed by atoms with Crippen molar-refractivity contribution in [2.75, 3.05) is 6.54 Å². The van der Waals surface area contributed by atoms with E-state index in [9.17, 15) is 4.79 Å². The highest BCUT2D eigenvalue weighted by Crippen LogP contribution is 2.05. The molecular weight excluding hydrogens is 200 g/mol. The first kappa shape index (κ1) is 12.7. The van der Waals surface area contributed by atoms with Crippen LogP contribution < -0.4 is 11.1 Å². The molecule has 0 radical (unpaired) electrons. The van der Waals surface area contributed by atoms with Crippen LogP contribution >= 0.6 is 0 Å². The number of carbonyl (C=O) groups excluding carboxylic acids is 1. The average Bonchev–Trinajstić information content (AvgIpc) is 2.25. The lowest BCUT2D eigenvalue weighted by Gasteiger charge is -2.18. The molecule has 0 aliphatic carbocycles. The van der Waals surface area contributed by atoms with Crippen LogP contribution in [-0.2, 0) is 6.42 Å². The molecule has 0 unspecified atom stereocenters. The summed E-state index contributed by atoms with van der Waals surface area (Å²) in [5.41, 5.74) is 7.33. The Morgan fingerprint density at radius 3 is 2.31 bits per heavy atom. The van der Waals surface area contributed by atoms with E-state index in [-0.39, 0.29) is 11.4 Å². The lowest BCUT2D eigenvalue weighted by atomic mass is 10.1. The third kappa shape index (κ3) is 4.03. The zero-order valence-electron chi connectivity index (χ0n) is 10.2. The van der Waals surface area contributed by atoms with Gasteiger partial charge in [-0.15, -0.1) is 0 Å². The van der Waals surface area contributed by atoms with Crippen LogP contribution in [0.5, 0.6) is 0 Å². The molecule has 0 aliphatic rings. The van der Waals surface area contributed by atoms with E-state index in [0.29, 0.717) is 12.1 Å². The Labute approximate surface area is 97.0 Å². The lowest BCUT2D eigenvalue weighted by molar-refractivity contribution is 0.0946. The van der Waals surface area contributed by atoms with E-state index >= 15 is 0 Å². The Balaban J connectivity index is 2.59. The smallest absolute Gasteiger partial charge is 0.251 e. The molecule has 0 heterocycles. The molecule has 3 N–H and O–H groups in total. The quantitative estimate of drug-likeness (QED) is 0.811. The second-order valence-corrected chi connectivity index (χ2v) is 4.72. The maximum atomic E-state index is 11.7. The largest absolute Gasteiger partial charge is 0.350 e. The van der Waals surface area contributed by atoms with Crippen LogP contribution in [0.4, 0.5) is 0 Å². The molecule has 0 aromatic heterocycles. The van der Waals surface area contributed by atoms with Crippen molar-refractivity contribution in [2.24, 2.45) is 5.73 Å². The SMILES string of the molecule is CCc1ccc(C(=O)NCC(C)(C)N)cc1. The summed E-state index contributed by atoms with van der Waals surface area (Å²) in [7, 11) is 0. The second kappa shape index (κ2) is 5.12. The number of rotatable bonds is 4. The second-order valence-electron chi connectivity index (χ2n) is 4.72. The van der Waals surface area contributed by atoms with Crippen molar-refractivity contribution in [3.05, 3.63) is 35.4 Å². The van der Waals surface area contributed by atoms with Gasteiger partial charge in [0.1, 0.15) is 0 Å². The minimum Gasteiger partial charge on any atom is -0.350 e. The minimum absolute atomic E-state index is 0.0684. The molecule has 16 heavy (non-hydrogen) atoms. The van der Waals surface area contributed by atoms with E-state index in [0.717, 1.165) is 6.42 Å².